The van der Waals surface area contributed by atoms with Gasteiger partial charge in [-0.2, -0.15) is 0 Å². The van der Waals surface area contributed by atoms with Gasteiger partial charge in [0, 0.05) is 5.69 Å². The van der Waals surface area contributed by atoms with Crippen molar-refractivity contribution in [3.05, 3.63) is 65.7 Å². The van der Waals surface area contributed by atoms with Crippen molar-refractivity contribution in [2.24, 2.45) is 0 Å². The zero-order chi connectivity index (χ0) is 17.4. The number of benzene rings is 2. The maximum atomic E-state index is 12.0. The van der Waals surface area contributed by atoms with Gasteiger partial charge in [-0.3, -0.25) is 4.79 Å². The Morgan fingerprint density at radius 1 is 1.00 bits per heavy atom. The third-order valence-corrected chi connectivity index (χ3v) is 4.95. The summed E-state index contributed by atoms with van der Waals surface area (Å²) in [5.41, 5.74) is 2.68. The fourth-order valence-electron chi connectivity index (χ4n) is 2.29. The molecule has 2 rings (SSSR count). The molecule has 6 heteroatoms. The fraction of sp³-hybridized carbons (Fsp3) is 0.278. The van der Waals surface area contributed by atoms with E-state index in [1.165, 1.54) is 0 Å². The monoisotopic (exact) mass is 346 g/mol. The summed E-state index contributed by atoms with van der Waals surface area (Å²) in [6, 6.07) is 16.9. The van der Waals surface area contributed by atoms with E-state index in [9.17, 15) is 13.2 Å². The first-order valence-corrected chi connectivity index (χ1v) is 9.54. The minimum atomic E-state index is -3.49. The highest BCUT2D eigenvalue weighted by molar-refractivity contribution is 7.89. The Kier molecular flexibility index (Phi) is 6.52. The van der Waals surface area contributed by atoms with Crippen LogP contribution in [0.15, 0.2) is 54.6 Å². The lowest BCUT2D eigenvalue weighted by Crippen LogP contribution is -2.35. The van der Waals surface area contributed by atoms with Crippen LogP contribution in [-0.2, 0) is 27.7 Å². The molecule has 0 saturated heterocycles. The normalized spacial score (nSPS) is 11.2. The lowest BCUT2D eigenvalue weighted by molar-refractivity contribution is -0.115. The SMILES string of the molecule is CCc1ccccc1NC(=O)CNS(=O)(=O)CCc1ccccc1. The first kappa shape index (κ1) is 18.2. The fourth-order valence-corrected chi connectivity index (χ4v) is 3.29. The Morgan fingerprint density at radius 2 is 1.67 bits per heavy atom. The highest BCUT2D eigenvalue weighted by atomic mass is 32.2. The van der Waals surface area contributed by atoms with Crippen LogP contribution in [0.2, 0.25) is 0 Å². The molecule has 24 heavy (non-hydrogen) atoms. The molecule has 0 radical (unpaired) electrons. The van der Waals surface area contributed by atoms with Gasteiger partial charge in [-0.25, -0.2) is 13.1 Å². The third-order valence-electron chi connectivity index (χ3n) is 3.63. The van der Waals surface area contributed by atoms with E-state index in [0.717, 1.165) is 17.5 Å². The number of carbonyl (C=O) groups excluding carboxylic acids is 1. The van der Waals surface area contributed by atoms with Crippen molar-refractivity contribution >= 4 is 21.6 Å². The predicted octanol–water partition coefficient (Wildman–Crippen LogP) is 2.35. The van der Waals surface area contributed by atoms with Crippen LogP contribution in [0.1, 0.15) is 18.1 Å². The molecule has 0 aromatic heterocycles. The number of hydrogen-bond acceptors (Lipinski definition) is 3. The lowest BCUT2D eigenvalue weighted by Gasteiger charge is -2.10. The molecule has 1 amide bonds. The van der Waals surface area contributed by atoms with Crippen molar-refractivity contribution in [1.82, 2.24) is 4.72 Å². The molecule has 5 nitrogen and oxygen atoms in total. The Balaban J connectivity index is 1.84. The molecule has 0 heterocycles. The average molecular weight is 346 g/mol. The molecule has 0 atom stereocenters. The summed E-state index contributed by atoms with van der Waals surface area (Å²) in [4.78, 5) is 12.0. The van der Waals surface area contributed by atoms with E-state index in [2.05, 4.69) is 10.0 Å². The number of anilines is 1. The molecule has 0 saturated carbocycles. The molecule has 0 aliphatic heterocycles. The topological polar surface area (TPSA) is 75.3 Å². The van der Waals surface area contributed by atoms with E-state index in [1.54, 1.807) is 6.07 Å². The van der Waals surface area contributed by atoms with Crippen molar-refractivity contribution in [3.8, 4) is 0 Å². The minimum Gasteiger partial charge on any atom is -0.325 e. The number of aryl methyl sites for hydroxylation is 2. The van der Waals surface area contributed by atoms with E-state index in [-0.39, 0.29) is 18.2 Å². The van der Waals surface area contributed by atoms with Gasteiger partial charge in [0.2, 0.25) is 15.9 Å². The number of nitrogens with one attached hydrogen (secondary N) is 2. The van der Waals surface area contributed by atoms with Crippen molar-refractivity contribution in [2.75, 3.05) is 17.6 Å². The van der Waals surface area contributed by atoms with Gasteiger partial charge in [0.25, 0.3) is 0 Å². The molecule has 0 aliphatic rings. The number of amides is 1. The number of sulfonamides is 1. The van der Waals surface area contributed by atoms with Crippen molar-refractivity contribution < 1.29 is 13.2 Å². The minimum absolute atomic E-state index is 0.0458. The number of rotatable bonds is 8. The van der Waals surface area contributed by atoms with E-state index in [4.69, 9.17) is 0 Å². The van der Waals surface area contributed by atoms with Crippen LogP contribution in [0.25, 0.3) is 0 Å². The summed E-state index contributed by atoms with van der Waals surface area (Å²) in [5.74, 6) is -0.422. The van der Waals surface area contributed by atoms with Gasteiger partial charge in [0.15, 0.2) is 0 Å². The number of carbonyl (C=O) groups is 1. The summed E-state index contributed by atoms with van der Waals surface area (Å²) in [7, 11) is -3.49. The molecule has 0 fully saturated rings. The second-order valence-corrected chi connectivity index (χ2v) is 7.36. The van der Waals surface area contributed by atoms with Crippen LogP contribution >= 0.6 is 0 Å². The van der Waals surface area contributed by atoms with Crippen LogP contribution in [-0.4, -0.2) is 26.6 Å². The average Bonchev–Trinajstić information content (AvgIpc) is 2.60. The van der Waals surface area contributed by atoms with Crippen LogP contribution in [0.5, 0.6) is 0 Å². The predicted molar refractivity (Wildman–Crippen MR) is 96.4 cm³/mol. The molecule has 0 bridgehead atoms. The highest BCUT2D eigenvalue weighted by Crippen LogP contribution is 2.15. The molecular formula is C18H22N2O3S. The molecular weight excluding hydrogens is 324 g/mol. The van der Waals surface area contributed by atoms with Gasteiger partial charge in [-0.15, -0.1) is 0 Å². The first-order chi connectivity index (χ1) is 11.5. The molecule has 128 valence electrons. The quantitative estimate of drug-likeness (QED) is 0.770. The van der Waals surface area contributed by atoms with Crippen LogP contribution in [0, 0.1) is 0 Å². The maximum Gasteiger partial charge on any atom is 0.239 e. The molecule has 2 aromatic carbocycles. The van der Waals surface area contributed by atoms with Crippen molar-refractivity contribution in [2.45, 2.75) is 19.8 Å². The molecule has 0 unspecified atom stereocenters. The summed E-state index contributed by atoms with van der Waals surface area (Å²) in [6.07, 6.45) is 1.20. The Bertz CT molecular complexity index is 774. The van der Waals surface area contributed by atoms with Gasteiger partial charge in [-0.1, -0.05) is 55.5 Å². The van der Waals surface area contributed by atoms with Crippen LogP contribution in [0.4, 0.5) is 5.69 Å². The van der Waals surface area contributed by atoms with Crippen LogP contribution in [0.3, 0.4) is 0 Å². The van der Waals surface area contributed by atoms with E-state index in [0.29, 0.717) is 12.1 Å². The number of hydrogen-bond donors (Lipinski definition) is 2. The summed E-state index contributed by atoms with van der Waals surface area (Å²) >= 11 is 0. The summed E-state index contributed by atoms with van der Waals surface area (Å²) in [5, 5.41) is 2.74. The zero-order valence-corrected chi connectivity index (χ0v) is 14.5. The molecule has 0 spiro atoms. The van der Waals surface area contributed by atoms with Gasteiger partial charge >= 0.3 is 0 Å². The maximum absolute atomic E-state index is 12.0. The second kappa shape index (κ2) is 8.61. The Morgan fingerprint density at radius 3 is 2.38 bits per heavy atom. The standard InChI is InChI=1S/C18H22N2O3S/c1-2-16-10-6-7-11-17(16)20-18(21)14-19-24(22,23)13-12-15-8-4-3-5-9-15/h3-11,19H,2,12-14H2,1H3,(H,20,21). The summed E-state index contributed by atoms with van der Waals surface area (Å²) < 4.78 is 26.3. The van der Waals surface area contributed by atoms with Crippen LogP contribution < -0.4 is 10.0 Å². The molecule has 0 aliphatic carbocycles. The van der Waals surface area contributed by atoms with Crippen molar-refractivity contribution in [3.63, 3.8) is 0 Å². The summed E-state index contributed by atoms with van der Waals surface area (Å²) in [6.45, 7) is 1.73. The Labute approximate surface area is 143 Å². The van der Waals surface area contributed by atoms with E-state index in [1.807, 2.05) is 55.5 Å². The zero-order valence-electron chi connectivity index (χ0n) is 13.7. The lowest BCUT2D eigenvalue weighted by atomic mass is 10.1. The van der Waals surface area contributed by atoms with Gasteiger partial charge in [0.05, 0.1) is 12.3 Å². The molecule has 2 aromatic rings. The molecule has 2 N–H and O–H groups in total. The largest absolute Gasteiger partial charge is 0.325 e. The third kappa shape index (κ3) is 5.79. The van der Waals surface area contributed by atoms with Gasteiger partial charge < -0.3 is 5.32 Å². The first-order valence-electron chi connectivity index (χ1n) is 7.89. The van der Waals surface area contributed by atoms with Crippen molar-refractivity contribution in [1.29, 1.82) is 0 Å². The number of para-hydroxylation sites is 1. The highest BCUT2D eigenvalue weighted by Gasteiger charge is 2.13. The second-order valence-electron chi connectivity index (χ2n) is 5.43. The van der Waals surface area contributed by atoms with Gasteiger partial charge in [-0.05, 0) is 30.0 Å². The van der Waals surface area contributed by atoms with Gasteiger partial charge in [0.1, 0.15) is 0 Å². The smallest absolute Gasteiger partial charge is 0.239 e. The Hall–Kier alpha value is -2.18. The van der Waals surface area contributed by atoms with E-state index >= 15 is 0 Å². The van der Waals surface area contributed by atoms with E-state index < -0.39 is 10.0 Å².